The maximum absolute atomic E-state index is 12.4. The van der Waals surface area contributed by atoms with Crippen LogP contribution in [0.1, 0.15) is 98.8 Å². The lowest BCUT2D eigenvalue weighted by Gasteiger charge is -2.66. The molecule has 0 amide bonds. The van der Waals surface area contributed by atoms with Gasteiger partial charge in [-0.25, -0.2) is 4.79 Å². The Morgan fingerprint density at radius 1 is 0.940 bits per heavy atom. The van der Waals surface area contributed by atoms with Crippen LogP contribution in [-0.4, -0.2) is 104 Å². The zero-order valence-corrected chi connectivity index (χ0v) is 32.1. The SMILES string of the molecule is CC(C)[C@]12O[C@H]1O[C@]1(C)[C@@]3(C)CCC4=C(COC4=O)[C@@H]3CO[C@]1(C)[C@@H]2OCCCCC(=O)OCCOCCOC(=O)CCCCC1CCSS1. The minimum Gasteiger partial charge on any atom is -0.463 e. The van der Waals surface area contributed by atoms with Gasteiger partial charge in [0, 0.05) is 47.4 Å². The van der Waals surface area contributed by atoms with Gasteiger partial charge in [0.2, 0.25) is 0 Å². The van der Waals surface area contributed by atoms with Crippen LogP contribution in [0.2, 0.25) is 0 Å². The molecule has 50 heavy (non-hydrogen) atoms. The van der Waals surface area contributed by atoms with Crippen molar-refractivity contribution in [2.45, 2.75) is 133 Å². The van der Waals surface area contributed by atoms with Gasteiger partial charge in [0.25, 0.3) is 0 Å². The molecule has 8 atom stereocenters. The average molecular weight is 741 g/mol. The van der Waals surface area contributed by atoms with E-state index >= 15 is 0 Å². The quantitative estimate of drug-likeness (QED) is 0.0540. The molecule has 5 aliphatic heterocycles. The fourth-order valence-corrected chi connectivity index (χ4v) is 11.9. The van der Waals surface area contributed by atoms with Gasteiger partial charge in [-0.3, -0.25) is 9.59 Å². The molecule has 0 radical (unpaired) electrons. The molecule has 1 aliphatic carbocycles. The molecule has 13 heteroatoms. The van der Waals surface area contributed by atoms with Gasteiger partial charge in [0.1, 0.15) is 37.1 Å². The Bertz CT molecular complexity index is 1290. The molecule has 0 spiro atoms. The van der Waals surface area contributed by atoms with Crippen LogP contribution in [0, 0.1) is 17.3 Å². The summed E-state index contributed by atoms with van der Waals surface area (Å²) in [5, 5.41) is 0.738. The van der Waals surface area contributed by atoms with Crippen molar-refractivity contribution in [2.75, 3.05) is 52.0 Å². The number of unbranched alkanes of at least 4 members (excludes halogenated alkanes) is 2. The fourth-order valence-electron chi connectivity index (χ4n) is 8.91. The molecule has 282 valence electrons. The van der Waals surface area contributed by atoms with E-state index in [0.29, 0.717) is 45.5 Å². The number of cyclic esters (lactones) is 1. The summed E-state index contributed by atoms with van der Waals surface area (Å²) < 4.78 is 48.3. The zero-order chi connectivity index (χ0) is 35.6. The highest BCUT2D eigenvalue weighted by molar-refractivity contribution is 8.77. The fraction of sp³-hybridized carbons (Fsp3) is 0.865. The van der Waals surface area contributed by atoms with Crippen molar-refractivity contribution in [1.82, 2.24) is 0 Å². The summed E-state index contributed by atoms with van der Waals surface area (Å²) in [5.74, 6) is 0.720. The lowest BCUT2D eigenvalue weighted by Crippen LogP contribution is -2.78. The number of rotatable bonds is 18. The van der Waals surface area contributed by atoms with Crippen LogP contribution in [0.5, 0.6) is 0 Å². The van der Waals surface area contributed by atoms with Crippen molar-refractivity contribution in [2.24, 2.45) is 17.3 Å². The van der Waals surface area contributed by atoms with E-state index in [4.69, 9.17) is 37.9 Å². The van der Waals surface area contributed by atoms with E-state index in [1.807, 2.05) is 21.6 Å². The second kappa shape index (κ2) is 15.9. The summed E-state index contributed by atoms with van der Waals surface area (Å²) in [5.41, 5.74) is -0.608. The topological polar surface area (TPSA) is 128 Å². The van der Waals surface area contributed by atoms with Gasteiger partial charge in [0.05, 0.1) is 19.8 Å². The third kappa shape index (κ3) is 7.27. The standard InChI is InChI=1S/C37H56O11S2/c1-24(2)37-32(35(4)36(5,47-33(37)48-37)34(3)15-13-26-27(22-45-31(26)40)28(34)23-46-35)44-16-9-8-12-30(39)43-20-18-41-17-19-42-29(38)11-7-6-10-25-14-21-49-50-25/h24-25,28,32-33H,6-23H2,1-5H3/t25?,28-,32-,33+,34-,35+,36+,37+/m0/s1. The van der Waals surface area contributed by atoms with Crippen molar-refractivity contribution in [3.05, 3.63) is 11.1 Å². The Labute approximate surface area is 304 Å². The monoisotopic (exact) mass is 740 g/mol. The van der Waals surface area contributed by atoms with Gasteiger partial charge in [0.15, 0.2) is 11.9 Å². The molecular formula is C37H56O11S2. The van der Waals surface area contributed by atoms with E-state index in [-0.39, 0.29) is 74.1 Å². The Morgan fingerprint density at radius 3 is 2.34 bits per heavy atom. The van der Waals surface area contributed by atoms with Crippen LogP contribution in [-0.2, 0) is 52.3 Å². The van der Waals surface area contributed by atoms with Crippen molar-refractivity contribution in [3.8, 4) is 0 Å². The van der Waals surface area contributed by atoms with E-state index < -0.39 is 23.1 Å². The molecule has 6 aliphatic rings. The van der Waals surface area contributed by atoms with Crippen LogP contribution in [0.3, 0.4) is 0 Å². The highest BCUT2D eigenvalue weighted by Crippen LogP contribution is 2.68. The number of carbonyl (C=O) groups excluding carboxylic acids is 3. The first kappa shape index (κ1) is 38.4. The van der Waals surface area contributed by atoms with Crippen LogP contribution in [0.25, 0.3) is 0 Å². The summed E-state index contributed by atoms with van der Waals surface area (Å²) in [6, 6.07) is 0. The van der Waals surface area contributed by atoms with Crippen molar-refractivity contribution in [3.63, 3.8) is 0 Å². The Morgan fingerprint density at radius 2 is 1.66 bits per heavy atom. The molecular weight excluding hydrogens is 685 g/mol. The molecule has 11 nitrogen and oxygen atoms in total. The van der Waals surface area contributed by atoms with Crippen LogP contribution in [0.15, 0.2) is 11.1 Å². The minimum atomic E-state index is -0.804. The molecule has 0 saturated carbocycles. The average Bonchev–Trinajstić information content (AvgIpc) is 3.36. The third-order valence-corrected chi connectivity index (χ3v) is 15.4. The van der Waals surface area contributed by atoms with Crippen LogP contribution in [0.4, 0.5) is 0 Å². The van der Waals surface area contributed by atoms with Gasteiger partial charge < -0.3 is 37.9 Å². The minimum absolute atomic E-state index is 0.0139. The molecule has 4 saturated heterocycles. The van der Waals surface area contributed by atoms with E-state index in [1.54, 1.807) is 0 Å². The molecule has 0 N–H and O–H groups in total. The first-order valence-corrected chi connectivity index (χ1v) is 21.0. The summed E-state index contributed by atoms with van der Waals surface area (Å²) in [4.78, 5) is 36.7. The van der Waals surface area contributed by atoms with Gasteiger partial charge >= 0.3 is 17.9 Å². The molecule has 0 aromatic rings. The predicted molar refractivity (Wildman–Crippen MR) is 188 cm³/mol. The normalized spacial score (nSPS) is 37.1. The Hall–Kier alpha value is -1.35. The Balaban J connectivity index is 0.888. The maximum atomic E-state index is 12.4. The van der Waals surface area contributed by atoms with Crippen molar-refractivity contribution < 1.29 is 52.3 Å². The van der Waals surface area contributed by atoms with Crippen LogP contribution < -0.4 is 0 Å². The second-order valence-electron chi connectivity index (χ2n) is 15.4. The number of epoxide rings is 1. The molecule has 5 heterocycles. The molecule has 6 rings (SSSR count). The first-order chi connectivity index (χ1) is 24.0. The predicted octanol–water partition coefficient (Wildman–Crippen LogP) is 5.96. The Kier molecular flexibility index (Phi) is 12.2. The number of carbonyl (C=O) groups is 3. The van der Waals surface area contributed by atoms with Gasteiger partial charge in [-0.05, 0) is 70.3 Å². The molecule has 0 aromatic heterocycles. The lowest BCUT2D eigenvalue weighted by molar-refractivity contribution is -0.353. The molecule has 4 fully saturated rings. The summed E-state index contributed by atoms with van der Waals surface area (Å²) in [7, 11) is 3.92. The molecule has 0 aromatic carbocycles. The first-order valence-electron chi connectivity index (χ1n) is 18.6. The van der Waals surface area contributed by atoms with Crippen molar-refractivity contribution >= 4 is 39.5 Å². The maximum Gasteiger partial charge on any atom is 0.334 e. The van der Waals surface area contributed by atoms with E-state index in [2.05, 4.69) is 34.6 Å². The molecule has 0 bridgehead atoms. The van der Waals surface area contributed by atoms with Gasteiger partial charge in [-0.2, -0.15) is 0 Å². The number of hydrogen-bond donors (Lipinski definition) is 0. The van der Waals surface area contributed by atoms with Crippen molar-refractivity contribution in [1.29, 1.82) is 0 Å². The lowest BCUT2D eigenvalue weighted by atomic mass is 9.50. The molecule has 1 unspecified atom stereocenters. The highest BCUT2D eigenvalue weighted by Gasteiger charge is 2.82. The van der Waals surface area contributed by atoms with Gasteiger partial charge in [-0.15, -0.1) is 0 Å². The van der Waals surface area contributed by atoms with E-state index in [0.717, 1.165) is 35.7 Å². The summed E-state index contributed by atoms with van der Waals surface area (Å²) in [6.07, 6.45) is 7.06. The largest absolute Gasteiger partial charge is 0.463 e. The van der Waals surface area contributed by atoms with E-state index in [9.17, 15) is 14.4 Å². The number of esters is 3. The highest BCUT2D eigenvalue weighted by atomic mass is 33.1. The number of hydrogen-bond acceptors (Lipinski definition) is 13. The van der Waals surface area contributed by atoms with E-state index in [1.165, 1.54) is 18.6 Å². The summed E-state index contributed by atoms with van der Waals surface area (Å²) in [6.45, 7) is 12.9. The summed E-state index contributed by atoms with van der Waals surface area (Å²) >= 11 is 0. The number of fused-ring (bicyclic) bond motifs is 5. The third-order valence-electron chi connectivity index (χ3n) is 12.4. The second-order valence-corrected chi connectivity index (χ2v) is 18.2. The number of ether oxygens (including phenoxy) is 8. The smallest absolute Gasteiger partial charge is 0.334 e. The zero-order valence-electron chi connectivity index (χ0n) is 30.4. The van der Waals surface area contributed by atoms with Crippen LogP contribution >= 0.6 is 21.6 Å². The van der Waals surface area contributed by atoms with Gasteiger partial charge in [-0.1, -0.05) is 48.8 Å².